The highest BCUT2D eigenvalue weighted by molar-refractivity contribution is 6.30. The van der Waals surface area contributed by atoms with Crippen LogP contribution in [-0.4, -0.2) is 60.6 Å². The molecule has 0 aromatic heterocycles. The van der Waals surface area contributed by atoms with Gasteiger partial charge in [0.05, 0.1) is 0 Å². The third-order valence-corrected chi connectivity index (χ3v) is 6.49. The number of amides is 1. The average Bonchev–Trinajstić information content (AvgIpc) is 2.89. The van der Waals surface area contributed by atoms with Gasteiger partial charge in [0.2, 0.25) is 5.91 Å². The summed E-state index contributed by atoms with van der Waals surface area (Å²) in [5.41, 5.74) is 1.14. The average molecular weight is 422 g/mol. The normalized spacial score (nSPS) is 21.5. The first kappa shape index (κ1) is 22.4. The van der Waals surface area contributed by atoms with Crippen molar-refractivity contribution in [3.8, 4) is 5.75 Å². The molecule has 0 saturated carbocycles. The first-order valence-corrected chi connectivity index (χ1v) is 11.5. The van der Waals surface area contributed by atoms with E-state index in [1.165, 1.54) is 12.8 Å². The molecule has 5 nitrogen and oxygen atoms in total. The predicted molar refractivity (Wildman–Crippen MR) is 118 cm³/mol. The largest absolute Gasteiger partial charge is 0.489 e. The number of likely N-dealkylation sites (tertiary alicyclic amines) is 1. The van der Waals surface area contributed by atoms with Gasteiger partial charge in [0, 0.05) is 49.2 Å². The van der Waals surface area contributed by atoms with Gasteiger partial charge in [0.15, 0.2) is 0 Å². The van der Waals surface area contributed by atoms with Crippen LogP contribution in [0.3, 0.4) is 0 Å². The van der Waals surface area contributed by atoms with Gasteiger partial charge in [0.25, 0.3) is 0 Å². The Morgan fingerprint density at radius 2 is 2.07 bits per heavy atom. The maximum absolute atomic E-state index is 12.4. The molecular weight excluding hydrogens is 386 g/mol. The maximum atomic E-state index is 12.4. The Hall–Kier alpha value is -1.30. The zero-order valence-electron chi connectivity index (χ0n) is 18.1. The molecule has 2 aliphatic rings. The Bertz CT molecular complexity index is 674. The zero-order valence-corrected chi connectivity index (χ0v) is 18.9. The highest BCUT2D eigenvalue weighted by atomic mass is 35.5. The Labute approximate surface area is 180 Å². The molecule has 1 fully saturated rings. The number of benzene rings is 1. The summed E-state index contributed by atoms with van der Waals surface area (Å²) in [6.07, 6.45) is 3.95. The van der Waals surface area contributed by atoms with Crippen LogP contribution in [0.15, 0.2) is 18.2 Å². The number of fused-ring (bicyclic) bond motifs is 1. The Morgan fingerprint density at radius 1 is 1.31 bits per heavy atom. The molecule has 6 heteroatoms. The number of hydrogen-bond donors (Lipinski definition) is 1. The molecule has 1 N–H and O–H groups in total. The zero-order chi connectivity index (χ0) is 20.8. The summed E-state index contributed by atoms with van der Waals surface area (Å²) >= 11 is 6.13. The third-order valence-electron chi connectivity index (χ3n) is 6.26. The van der Waals surface area contributed by atoms with E-state index < -0.39 is 0 Å². The summed E-state index contributed by atoms with van der Waals surface area (Å²) in [4.78, 5) is 17.3. The second-order valence-electron chi connectivity index (χ2n) is 8.76. The fourth-order valence-electron chi connectivity index (χ4n) is 4.24. The van der Waals surface area contributed by atoms with Gasteiger partial charge in [-0.1, -0.05) is 24.6 Å². The Morgan fingerprint density at radius 3 is 2.76 bits per heavy atom. The summed E-state index contributed by atoms with van der Waals surface area (Å²) in [6, 6.07) is 6.47. The lowest BCUT2D eigenvalue weighted by molar-refractivity contribution is -0.121. The molecule has 0 radical (unpaired) electrons. The van der Waals surface area contributed by atoms with Crippen molar-refractivity contribution in [1.82, 2.24) is 15.1 Å². The number of carbonyl (C=O) groups is 1. The van der Waals surface area contributed by atoms with Gasteiger partial charge in [-0.05, 0) is 64.3 Å². The standard InChI is InChI=1S/C23H36ClN3O2/c1-4-21-16-26(15-19-5-6-20(24)13-22(19)29-21)10-9-23(28)25-14-18-7-11-27(12-8-18)17(2)3/h5-6,13,17-18,21H,4,7-12,14-16H2,1-3H3,(H,25,28). The van der Waals surface area contributed by atoms with E-state index in [0.717, 1.165) is 57.0 Å². The molecule has 2 heterocycles. The molecule has 0 spiro atoms. The number of halogens is 1. The molecule has 3 rings (SSSR count). The summed E-state index contributed by atoms with van der Waals surface area (Å²) in [6.45, 7) is 12.1. The number of hydrogen-bond acceptors (Lipinski definition) is 4. The molecule has 1 aromatic rings. The fourth-order valence-corrected chi connectivity index (χ4v) is 4.40. The topological polar surface area (TPSA) is 44.8 Å². The van der Waals surface area contributed by atoms with Gasteiger partial charge < -0.3 is 15.0 Å². The van der Waals surface area contributed by atoms with Crippen molar-refractivity contribution in [2.75, 3.05) is 32.7 Å². The number of nitrogens with one attached hydrogen (secondary N) is 1. The number of piperidine rings is 1. The van der Waals surface area contributed by atoms with E-state index in [1.54, 1.807) is 0 Å². The summed E-state index contributed by atoms with van der Waals surface area (Å²) in [7, 11) is 0. The molecule has 1 aromatic carbocycles. The van der Waals surface area contributed by atoms with E-state index in [2.05, 4.69) is 35.9 Å². The van der Waals surface area contributed by atoms with Crippen molar-refractivity contribution in [1.29, 1.82) is 0 Å². The highest BCUT2D eigenvalue weighted by Gasteiger charge is 2.23. The minimum Gasteiger partial charge on any atom is -0.489 e. The number of ether oxygens (including phenoxy) is 1. The lowest BCUT2D eigenvalue weighted by Gasteiger charge is -2.34. The summed E-state index contributed by atoms with van der Waals surface area (Å²) in [5.74, 6) is 1.65. The molecule has 1 saturated heterocycles. The second kappa shape index (κ2) is 10.6. The Balaban J connectivity index is 1.44. The van der Waals surface area contributed by atoms with Crippen molar-refractivity contribution in [3.63, 3.8) is 0 Å². The predicted octanol–water partition coefficient (Wildman–Crippen LogP) is 3.94. The van der Waals surface area contributed by atoms with E-state index in [1.807, 2.05) is 18.2 Å². The van der Waals surface area contributed by atoms with Gasteiger partial charge in [0.1, 0.15) is 11.9 Å². The van der Waals surface area contributed by atoms with Crippen molar-refractivity contribution in [3.05, 3.63) is 28.8 Å². The lowest BCUT2D eigenvalue weighted by atomic mass is 9.96. The molecule has 2 aliphatic heterocycles. The van der Waals surface area contributed by atoms with Crippen molar-refractivity contribution >= 4 is 17.5 Å². The molecule has 0 bridgehead atoms. The first-order valence-electron chi connectivity index (χ1n) is 11.1. The van der Waals surface area contributed by atoms with Crippen LogP contribution in [0.5, 0.6) is 5.75 Å². The monoisotopic (exact) mass is 421 g/mol. The number of carbonyl (C=O) groups excluding carboxylic acids is 1. The van der Waals surface area contributed by atoms with Crippen LogP contribution in [0, 0.1) is 5.92 Å². The molecule has 1 amide bonds. The number of rotatable bonds is 7. The van der Waals surface area contributed by atoms with Gasteiger partial charge in [-0.15, -0.1) is 0 Å². The van der Waals surface area contributed by atoms with Gasteiger partial charge in [-0.2, -0.15) is 0 Å². The van der Waals surface area contributed by atoms with Crippen LogP contribution >= 0.6 is 11.6 Å². The molecule has 0 aliphatic carbocycles. The third kappa shape index (κ3) is 6.59. The minimum atomic E-state index is 0.129. The lowest BCUT2D eigenvalue weighted by Crippen LogP contribution is -2.42. The van der Waals surface area contributed by atoms with E-state index in [9.17, 15) is 4.79 Å². The summed E-state index contributed by atoms with van der Waals surface area (Å²) < 4.78 is 6.15. The van der Waals surface area contributed by atoms with Crippen LogP contribution in [0.1, 0.15) is 52.0 Å². The van der Waals surface area contributed by atoms with Crippen molar-refractivity contribution in [2.24, 2.45) is 5.92 Å². The van der Waals surface area contributed by atoms with E-state index in [4.69, 9.17) is 16.3 Å². The minimum absolute atomic E-state index is 0.129. The smallest absolute Gasteiger partial charge is 0.221 e. The van der Waals surface area contributed by atoms with E-state index >= 15 is 0 Å². The quantitative estimate of drug-likeness (QED) is 0.724. The second-order valence-corrected chi connectivity index (χ2v) is 9.20. The first-order chi connectivity index (χ1) is 13.9. The van der Waals surface area contributed by atoms with E-state index in [-0.39, 0.29) is 12.0 Å². The SMILES string of the molecule is CCC1CN(CCC(=O)NCC2CCN(C(C)C)CC2)Cc2ccc(Cl)cc2O1. The highest BCUT2D eigenvalue weighted by Crippen LogP contribution is 2.29. The van der Waals surface area contributed by atoms with Crippen molar-refractivity contribution < 1.29 is 9.53 Å². The molecule has 162 valence electrons. The maximum Gasteiger partial charge on any atom is 0.221 e. The van der Waals surface area contributed by atoms with E-state index in [0.29, 0.717) is 23.4 Å². The molecule has 1 unspecified atom stereocenters. The van der Waals surface area contributed by atoms with Gasteiger partial charge in [-0.3, -0.25) is 9.69 Å². The fraction of sp³-hybridized carbons (Fsp3) is 0.696. The number of nitrogens with zero attached hydrogens (tertiary/aromatic N) is 2. The van der Waals surface area contributed by atoms with Crippen LogP contribution in [0.4, 0.5) is 0 Å². The van der Waals surface area contributed by atoms with Crippen LogP contribution < -0.4 is 10.1 Å². The van der Waals surface area contributed by atoms with Crippen LogP contribution in [-0.2, 0) is 11.3 Å². The van der Waals surface area contributed by atoms with Crippen LogP contribution in [0.2, 0.25) is 5.02 Å². The molecular formula is C23H36ClN3O2. The Kier molecular flexibility index (Phi) is 8.22. The van der Waals surface area contributed by atoms with Crippen LogP contribution in [0.25, 0.3) is 0 Å². The summed E-state index contributed by atoms with van der Waals surface area (Å²) in [5, 5.41) is 3.87. The van der Waals surface area contributed by atoms with Gasteiger partial charge in [-0.25, -0.2) is 0 Å². The van der Waals surface area contributed by atoms with Gasteiger partial charge >= 0.3 is 0 Å². The van der Waals surface area contributed by atoms with Crippen molar-refractivity contribution in [2.45, 2.75) is 65.1 Å². The molecule has 29 heavy (non-hydrogen) atoms. The molecule has 1 atom stereocenters.